The van der Waals surface area contributed by atoms with Crippen LogP contribution in [0.15, 0.2) is 30.3 Å². The van der Waals surface area contributed by atoms with Crippen LogP contribution in [0.3, 0.4) is 0 Å². The summed E-state index contributed by atoms with van der Waals surface area (Å²) in [6, 6.07) is 10.2. The van der Waals surface area contributed by atoms with Crippen molar-refractivity contribution in [2.75, 3.05) is 13.2 Å². The molecule has 0 saturated heterocycles. The third kappa shape index (κ3) is 2.90. The fourth-order valence-electron chi connectivity index (χ4n) is 2.55. The van der Waals surface area contributed by atoms with Gasteiger partial charge < -0.3 is 9.47 Å². The van der Waals surface area contributed by atoms with Crippen LogP contribution in [-0.2, 0) is 0 Å². The molecule has 0 aromatic heterocycles. The Kier molecular flexibility index (Phi) is 4.14. The molecule has 0 fully saturated rings. The minimum Gasteiger partial charge on any atom is -0.486 e. The first kappa shape index (κ1) is 14.7. The van der Waals surface area contributed by atoms with Gasteiger partial charge in [-0.25, -0.2) is 0 Å². The number of alkyl halides is 1. The van der Waals surface area contributed by atoms with Crippen molar-refractivity contribution in [1.82, 2.24) is 0 Å². The van der Waals surface area contributed by atoms with Gasteiger partial charge in [0.05, 0.1) is 4.83 Å². The molecule has 1 unspecified atom stereocenters. The number of hydrogen-bond acceptors (Lipinski definition) is 2. The van der Waals surface area contributed by atoms with Gasteiger partial charge in [0.1, 0.15) is 13.2 Å². The molecule has 1 heterocycles. The SMILES string of the molecule is Cc1ccc(C(Br)c2cc3c(cc2Cl)OCCO3)c(C)c1. The van der Waals surface area contributed by atoms with E-state index in [4.69, 9.17) is 21.1 Å². The number of ether oxygens (including phenoxy) is 2. The Hall–Kier alpha value is -1.19. The molecule has 0 aliphatic carbocycles. The van der Waals surface area contributed by atoms with E-state index in [1.165, 1.54) is 16.7 Å². The van der Waals surface area contributed by atoms with Crippen LogP contribution in [0.4, 0.5) is 0 Å². The highest BCUT2D eigenvalue weighted by Crippen LogP contribution is 2.43. The Balaban J connectivity index is 2.03. The molecule has 0 N–H and O–H groups in total. The van der Waals surface area contributed by atoms with Crippen LogP contribution in [0.1, 0.15) is 27.1 Å². The molecular formula is C17H16BrClO2. The number of benzene rings is 2. The standard InChI is InChI=1S/C17H16BrClO2/c1-10-3-4-12(11(2)7-10)17(18)13-8-15-16(9-14(13)19)21-6-5-20-15/h3-4,7-9,17H,5-6H2,1-2H3. The molecule has 0 spiro atoms. The Morgan fingerprint density at radius 1 is 1.00 bits per heavy atom. The first-order valence-electron chi connectivity index (χ1n) is 6.86. The van der Waals surface area contributed by atoms with Crippen LogP contribution in [0.5, 0.6) is 11.5 Å². The number of fused-ring (bicyclic) bond motifs is 1. The largest absolute Gasteiger partial charge is 0.486 e. The van der Waals surface area contributed by atoms with E-state index in [-0.39, 0.29) is 4.83 Å². The second kappa shape index (κ2) is 5.90. The fraction of sp³-hybridized carbons (Fsp3) is 0.294. The molecule has 1 aliphatic heterocycles. The van der Waals surface area contributed by atoms with Crippen molar-refractivity contribution >= 4 is 27.5 Å². The van der Waals surface area contributed by atoms with E-state index in [1.54, 1.807) is 0 Å². The predicted molar refractivity (Wildman–Crippen MR) is 89.1 cm³/mol. The van der Waals surface area contributed by atoms with E-state index in [9.17, 15) is 0 Å². The maximum Gasteiger partial charge on any atom is 0.162 e. The summed E-state index contributed by atoms with van der Waals surface area (Å²) in [5.41, 5.74) is 4.69. The van der Waals surface area contributed by atoms with Gasteiger partial charge in [-0.2, -0.15) is 0 Å². The summed E-state index contributed by atoms with van der Waals surface area (Å²) in [5, 5.41) is 0.682. The molecule has 4 heteroatoms. The van der Waals surface area contributed by atoms with Crippen LogP contribution >= 0.6 is 27.5 Å². The molecular weight excluding hydrogens is 352 g/mol. The highest BCUT2D eigenvalue weighted by atomic mass is 79.9. The lowest BCUT2D eigenvalue weighted by molar-refractivity contribution is 0.171. The van der Waals surface area contributed by atoms with Gasteiger partial charge in [0.2, 0.25) is 0 Å². The second-order valence-electron chi connectivity index (χ2n) is 5.24. The smallest absolute Gasteiger partial charge is 0.162 e. The van der Waals surface area contributed by atoms with Crippen LogP contribution < -0.4 is 9.47 Å². The van der Waals surface area contributed by atoms with Gasteiger partial charge in [-0.05, 0) is 36.6 Å². The topological polar surface area (TPSA) is 18.5 Å². The minimum atomic E-state index is 0.0291. The molecule has 1 atom stereocenters. The lowest BCUT2D eigenvalue weighted by Gasteiger charge is -2.22. The monoisotopic (exact) mass is 366 g/mol. The molecule has 0 saturated carbocycles. The van der Waals surface area contributed by atoms with E-state index >= 15 is 0 Å². The first-order valence-corrected chi connectivity index (χ1v) is 8.16. The van der Waals surface area contributed by atoms with Crippen molar-refractivity contribution in [3.63, 3.8) is 0 Å². The molecule has 1 aliphatic rings. The molecule has 2 nitrogen and oxygen atoms in total. The van der Waals surface area contributed by atoms with Gasteiger partial charge in [0.15, 0.2) is 11.5 Å². The Labute approximate surface area is 138 Å². The van der Waals surface area contributed by atoms with E-state index in [2.05, 4.69) is 48.0 Å². The zero-order chi connectivity index (χ0) is 15.0. The third-order valence-corrected chi connectivity index (χ3v) is 4.95. The Morgan fingerprint density at radius 3 is 2.33 bits per heavy atom. The molecule has 110 valence electrons. The van der Waals surface area contributed by atoms with Crippen molar-refractivity contribution in [3.05, 3.63) is 57.6 Å². The average molecular weight is 368 g/mol. The number of hydrogen-bond donors (Lipinski definition) is 0. The van der Waals surface area contributed by atoms with E-state index in [0.717, 1.165) is 17.1 Å². The minimum absolute atomic E-state index is 0.0291. The van der Waals surface area contributed by atoms with Crippen molar-refractivity contribution < 1.29 is 9.47 Å². The molecule has 0 radical (unpaired) electrons. The van der Waals surface area contributed by atoms with Crippen LogP contribution in [-0.4, -0.2) is 13.2 Å². The fourth-order valence-corrected chi connectivity index (χ4v) is 3.84. The zero-order valence-corrected chi connectivity index (χ0v) is 14.3. The zero-order valence-electron chi connectivity index (χ0n) is 12.0. The first-order chi connectivity index (χ1) is 10.1. The molecule has 0 bridgehead atoms. The summed E-state index contributed by atoms with van der Waals surface area (Å²) < 4.78 is 11.2. The average Bonchev–Trinajstić information content (AvgIpc) is 2.46. The Morgan fingerprint density at radius 2 is 1.67 bits per heavy atom. The lowest BCUT2D eigenvalue weighted by atomic mass is 9.98. The normalized spacial score (nSPS) is 14.9. The van der Waals surface area contributed by atoms with E-state index in [1.807, 2.05) is 12.1 Å². The predicted octanol–water partition coefficient (Wildman–Crippen LogP) is 5.21. The van der Waals surface area contributed by atoms with Gasteiger partial charge in [0, 0.05) is 11.1 Å². The second-order valence-corrected chi connectivity index (χ2v) is 6.56. The quantitative estimate of drug-likeness (QED) is 0.678. The molecule has 3 rings (SSSR count). The van der Waals surface area contributed by atoms with Crippen molar-refractivity contribution in [2.45, 2.75) is 18.7 Å². The summed E-state index contributed by atoms with van der Waals surface area (Å²) in [4.78, 5) is 0.0291. The van der Waals surface area contributed by atoms with Gasteiger partial charge >= 0.3 is 0 Å². The molecule has 2 aromatic carbocycles. The van der Waals surface area contributed by atoms with Gasteiger partial charge in [0.25, 0.3) is 0 Å². The van der Waals surface area contributed by atoms with Crippen molar-refractivity contribution in [3.8, 4) is 11.5 Å². The molecule has 2 aromatic rings. The van der Waals surface area contributed by atoms with E-state index in [0.29, 0.717) is 18.2 Å². The van der Waals surface area contributed by atoms with E-state index < -0.39 is 0 Å². The molecule has 0 amide bonds. The third-order valence-electron chi connectivity index (χ3n) is 3.63. The van der Waals surface area contributed by atoms with Gasteiger partial charge in [-0.3, -0.25) is 0 Å². The van der Waals surface area contributed by atoms with Crippen LogP contribution in [0.25, 0.3) is 0 Å². The summed E-state index contributed by atoms with van der Waals surface area (Å²) in [6.07, 6.45) is 0. The van der Waals surface area contributed by atoms with Crippen LogP contribution in [0, 0.1) is 13.8 Å². The number of aryl methyl sites for hydroxylation is 2. The van der Waals surface area contributed by atoms with Crippen molar-refractivity contribution in [2.24, 2.45) is 0 Å². The van der Waals surface area contributed by atoms with Crippen LogP contribution in [0.2, 0.25) is 5.02 Å². The number of rotatable bonds is 2. The summed E-state index contributed by atoms with van der Waals surface area (Å²) in [5.74, 6) is 1.48. The molecule has 21 heavy (non-hydrogen) atoms. The van der Waals surface area contributed by atoms with Crippen molar-refractivity contribution in [1.29, 1.82) is 0 Å². The Bertz CT molecular complexity index is 685. The highest BCUT2D eigenvalue weighted by Gasteiger charge is 2.21. The maximum atomic E-state index is 6.42. The summed E-state index contributed by atoms with van der Waals surface area (Å²) >= 11 is 10.2. The summed E-state index contributed by atoms with van der Waals surface area (Å²) in [6.45, 7) is 5.35. The highest BCUT2D eigenvalue weighted by molar-refractivity contribution is 9.09. The van der Waals surface area contributed by atoms with Gasteiger partial charge in [-0.1, -0.05) is 51.3 Å². The summed E-state index contributed by atoms with van der Waals surface area (Å²) in [7, 11) is 0. The number of halogens is 2. The van der Waals surface area contributed by atoms with Gasteiger partial charge in [-0.15, -0.1) is 0 Å². The lowest BCUT2D eigenvalue weighted by Crippen LogP contribution is -2.15. The maximum absolute atomic E-state index is 6.42.